The summed E-state index contributed by atoms with van der Waals surface area (Å²) in [6, 6.07) is 0.463. The molecule has 22 heavy (non-hydrogen) atoms. The molecule has 0 radical (unpaired) electrons. The summed E-state index contributed by atoms with van der Waals surface area (Å²) in [5.74, 6) is 0.666. The van der Waals surface area contributed by atoms with Crippen LogP contribution in [0.2, 0.25) is 0 Å². The van der Waals surface area contributed by atoms with Crippen molar-refractivity contribution in [3.8, 4) is 0 Å². The van der Waals surface area contributed by atoms with Gasteiger partial charge < -0.3 is 4.74 Å². The number of nitrogens with one attached hydrogen (secondary N) is 1. The minimum absolute atomic E-state index is 0.0950. The Bertz CT molecular complexity index is 326. The van der Waals surface area contributed by atoms with Crippen LogP contribution in [0.25, 0.3) is 0 Å². The Morgan fingerprint density at radius 1 is 1.05 bits per heavy atom. The molecule has 2 aliphatic carbocycles. The average molecular weight is 309 g/mol. The average Bonchev–Trinajstić information content (AvgIpc) is 2.60. The van der Waals surface area contributed by atoms with E-state index >= 15 is 0 Å². The molecule has 3 heteroatoms. The van der Waals surface area contributed by atoms with Gasteiger partial charge >= 0.3 is 5.97 Å². The highest BCUT2D eigenvalue weighted by Gasteiger charge is 2.47. The standard InChI is InChI=1S/C19H35NO2/c1-3-17(4-2)20-15-22-18(21)19(13-9-6-10-14-19)16-11-7-5-8-12-16/h16-17,20H,3-15H2,1-2H3. The van der Waals surface area contributed by atoms with Gasteiger partial charge in [-0.25, -0.2) is 0 Å². The van der Waals surface area contributed by atoms with Gasteiger partial charge in [-0.1, -0.05) is 52.4 Å². The Hall–Kier alpha value is -0.570. The molecule has 2 aliphatic rings. The summed E-state index contributed by atoms with van der Waals surface area (Å²) in [6.07, 6.45) is 14.4. The predicted octanol–water partition coefficient (Wildman–Crippen LogP) is 4.80. The van der Waals surface area contributed by atoms with Crippen molar-refractivity contribution in [1.82, 2.24) is 5.32 Å². The second kappa shape index (κ2) is 8.90. The van der Waals surface area contributed by atoms with Crippen molar-refractivity contribution in [3.63, 3.8) is 0 Å². The first-order chi connectivity index (χ1) is 10.7. The van der Waals surface area contributed by atoms with E-state index in [2.05, 4.69) is 19.2 Å². The largest absolute Gasteiger partial charge is 0.449 e. The Labute approximate surface area is 136 Å². The number of carbonyl (C=O) groups is 1. The Morgan fingerprint density at radius 2 is 1.64 bits per heavy atom. The second-order valence-corrected chi connectivity index (χ2v) is 7.35. The molecular formula is C19H35NO2. The first kappa shape index (κ1) is 17.8. The minimum atomic E-state index is -0.158. The second-order valence-electron chi connectivity index (χ2n) is 7.35. The molecule has 3 nitrogen and oxygen atoms in total. The van der Waals surface area contributed by atoms with E-state index in [-0.39, 0.29) is 11.4 Å². The molecule has 1 N–H and O–H groups in total. The molecule has 0 amide bonds. The highest BCUT2D eigenvalue weighted by molar-refractivity contribution is 5.77. The number of esters is 1. The third-order valence-corrected chi connectivity index (χ3v) is 6.10. The van der Waals surface area contributed by atoms with Gasteiger partial charge in [-0.3, -0.25) is 10.1 Å². The topological polar surface area (TPSA) is 38.3 Å². The Morgan fingerprint density at radius 3 is 2.23 bits per heavy atom. The number of carbonyl (C=O) groups excluding carboxylic acids is 1. The van der Waals surface area contributed by atoms with Gasteiger partial charge in [-0.15, -0.1) is 0 Å². The number of rotatable bonds is 7. The van der Waals surface area contributed by atoms with Crippen molar-refractivity contribution in [2.24, 2.45) is 11.3 Å². The molecule has 2 fully saturated rings. The van der Waals surface area contributed by atoms with E-state index in [1.807, 2.05) is 0 Å². The highest BCUT2D eigenvalue weighted by atomic mass is 16.5. The molecule has 0 aromatic heterocycles. The van der Waals surface area contributed by atoms with E-state index in [4.69, 9.17) is 4.74 Å². The van der Waals surface area contributed by atoms with Crippen LogP contribution in [0, 0.1) is 11.3 Å². The molecule has 0 bridgehead atoms. The molecule has 0 spiro atoms. The van der Waals surface area contributed by atoms with Gasteiger partial charge in [0.2, 0.25) is 0 Å². The minimum Gasteiger partial charge on any atom is -0.449 e. The molecule has 0 unspecified atom stereocenters. The van der Waals surface area contributed by atoms with Crippen molar-refractivity contribution in [2.45, 2.75) is 96.9 Å². The maximum Gasteiger partial charge on any atom is 0.313 e. The number of ether oxygens (including phenoxy) is 1. The molecule has 0 atom stereocenters. The highest BCUT2D eigenvalue weighted by Crippen LogP contribution is 2.49. The maximum atomic E-state index is 12.9. The summed E-state index contributed by atoms with van der Waals surface area (Å²) in [7, 11) is 0. The molecule has 0 heterocycles. The molecular weight excluding hydrogens is 274 g/mol. The zero-order valence-corrected chi connectivity index (χ0v) is 14.7. The Kier molecular flexibility index (Phi) is 7.20. The third-order valence-electron chi connectivity index (χ3n) is 6.10. The normalized spacial score (nSPS) is 22.7. The lowest BCUT2D eigenvalue weighted by Crippen LogP contribution is -2.44. The van der Waals surface area contributed by atoms with Crippen LogP contribution in [0.4, 0.5) is 0 Å². The fraction of sp³-hybridized carbons (Fsp3) is 0.947. The summed E-state index contributed by atoms with van der Waals surface area (Å²) in [4.78, 5) is 12.9. The van der Waals surface area contributed by atoms with E-state index in [0.29, 0.717) is 18.7 Å². The molecule has 0 aromatic carbocycles. The third kappa shape index (κ3) is 4.24. The van der Waals surface area contributed by atoms with Crippen molar-refractivity contribution < 1.29 is 9.53 Å². The van der Waals surface area contributed by atoms with Gasteiger partial charge in [0.15, 0.2) is 0 Å². The van der Waals surface area contributed by atoms with Crippen LogP contribution in [0.3, 0.4) is 0 Å². The van der Waals surface area contributed by atoms with E-state index in [0.717, 1.165) is 25.7 Å². The lowest BCUT2D eigenvalue weighted by atomic mass is 9.62. The summed E-state index contributed by atoms with van der Waals surface area (Å²) in [5, 5.41) is 3.37. The molecule has 2 saturated carbocycles. The zero-order chi connectivity index (χ0) is 15.8. The van der Waals surface area contributed by atoms with Crippen LogP contribution >= 0.6 is 0 Å². The van der Waals surface area contributed by atoms with Crippen LogP contribution in [-0.4, -0.2) is 18.7 Å². The molecule has 2 rings (SSSR count). The van der Waals surface area contributed by atoms with Crippen LogP contribution < -0.4 is 5.32 Å². The summed E-state index contributed by atoms with van der Waals surface area (Å²) in [5.41, 5.74) is -0.158. The van der Waals surface area contributed by atoms with Crippen molar-refractivity contribution in [1.29, 1.82) is 0 Å². The predicted molar refractivity (Wildman–Crippen MR) is 90.6 cm³/mol. The lowest BCUT2D eigenvalue weighted by molar-refractivity contribution is -0.164. The van der Waals surface area contributed by atoms with Crippen molar-refractivity contribution >= 4 is 5.97 Å². The Balaban J connectivity index is 1.94. The first-order valence-electron chi connectivity index (χ1n) is 9.63. The van der Waals surface area contributed by atoms with Gasteiger partial charge in [0, 0.05) is 6.04 Å². The van der Waals surface area contributed by atoms with E-state index in [1.54, 1.807) is 0 Å². The monoisotopic (exact) mass is 309 g/mol. The fourth-order valence-electron chi connectivity index (χ4n) is 4.56. The maximum absolute atomic E-state index is 12.9. The summed E-state index contributed by atoms with van der Waals surface area (Å²) < 4.78 is 5.72. The van der Waals surface area contributed by atoms with Gasteiger partial charge in [-0.2, -0.15) is 0 Å². The van der Waals surface area contributed by atoms with Gasteiger partial charge in [0.25, 0.3) is 0 Å². The number of hydrogen-bond donors (Lipinski definition) is 1. The van der Waals surface area contributed by atoms with Crippen LogP contribution in [0.5, 0.6) is 0 Å². The zero-order valence-electron chi connectivity index (χ0n) is 14.7. The van der Waals surface area contributed by atoms with Crippen LogP contribution in [0.15, 0.2) is 0 Å². The molecule has 128 valence electrons. The smallest absolute Gasteiger partial charge is 0.313 e. The van der Waals surface area contributed by atoms with Crippen molar-refractivity contribution in [3.05, 3.63) is 0 Å². The van der Waals surface area contributed by atoms with Gasteiger partial charge in [0.05, 0.1) is 5.41 Å². The summed E-state index contributed by atoms with van der Waals surface area (Å²) >= 11 is 0. The SMILES string of the molecule is CCC(CC)NCOC(=O)C1(C2CCCCC2)CCCCC1. The van der Waals surface area contributed by atoms with Crippen LogP contribution in [0.1, 0.15) is 90.9 Å². The fourth-order valence-corrected chi connectivity index (χ4v) is 4.56. The van der Waals surface area contributed by atoms with E-state index in [9.17, 15) is 4.79 Å². The van der Waals surface area contributed by atoms with Crippen molar-refractivity contribution in [2.75, 3.05) is 6.73 Å². The van der Waals surface area contributed by atoms with E-state index < -0.39 is 0 Å². The first-order valence-corrected chi connectivity index (χ1v) is 9.63. The lowest BCUT2D eigenvalue weighted by Gasteiger charge is -2.43. The van der Waals surface area contributed by atoms with Crippen LogP contribution in [-0.2, 0) is 9.53 Å². The molecule has 0 aromatic rings. The van der Waals surface area contributed by atoms with Gasteiger partial charge in [0.1, 0.15) is 6.73 Å². The number of hydrogen-bond acceptors (Lipinski definition) is 3. The van der Waals surface area contributed by atoms with Gasteiger partial charge in [-0.05, 0) is 44.4 Å². The molecule has 0 saturated heterocycles. The quantitative estimate of drug-likeness (QED) is 0.542. The summed E-state index contributed by atoms with van der Waals surface area (Å²) in [6.45, 7) is 4.74. The molecule has 0 aliphatic heterocycles. The van der Waals surface area contributed by atoms with E-state index in [1.165, 1.54) is 51.4 Å².